The van der Waals surface area contributed by atoms with Gasteiger partial charge in [0.25, 0.3) is 5.56 Å². The number of hydrogen-bond donors (Lipinski definition) is 2. The number of aromatic amines is 1. The standard InChI is InChI=1S/C17H25N5O4/c1-3-9-26-11-12(23)10-22-13-14(20(2)17(25)19-15(13)24)18-16(22)21-7-5-4-6-8-21/h3,12,23H,1,4-11H2,2H3,(H,19,24,25). The molecule has 2 N–H and O–H groups in total. The van der Waals surface area contributed by atoms with Gasteiger partial charge in [-0.15, -0.1) is 6.58 Å². The molecule has 0 radical (unpaired) electrons. The van der Waals surface area contributed by atoms with Crippen LogP contribution in [0.25, 0.3) is 11.2 Å². The van der Waals surface area contributed by atoms with E-state index in [1.807, 2.05) is 0 Å². The van der Waals surface area contributed by atoms with Crippen molar-refractivity contribution >= 4 is 17.1 Å². The number of ether oxygens (including phenoxy) is 1. The SMILES string of the molecule is C=CCOCC(O)Cn1c(N2CCCCC2)nc2c1c(=O)[nH]c(=O)n2C. The van der Waals surface area contributed by atoms with E-state index in [0.717, 1.165) is 32.4 Å². The third kappa shape index (κ3) is 3.58. The lowest BCUT2D eigenvalue weighted by molar-refractivity contribution is 0.0404. The maximum atomic E-state index is 12.4. The molecule has 26 heavy (non-hydrogen) atoms. The average Bonchev–Trinajstić information content (AvgIpc) is 3.00. The number of H-pyrrole nitrogens is 1. The van der Waals surface area contributed by atoms with E-state index in [2.05, 4.69) is 21.4 Å². The number of anilines is 1. The summed E-state index contributed by atoms with van der Waals surface area (Å²) >= 11 is 0. The van der Waals surface area contributed by atoms with Crippen molar-refractivity contribution in [2.75, 3.05) is 31.2 Å². The quantitative estimate of drug-likeness (QED) is 0.529. The van der Waals surface area contributed by atoms with Crippen LogP contribution in [0.1, 0.15) is 19.3 Å². The highest BCUT2D eigenvalue weighted by Crippen LogP contribution is 2.23. The van der Waals surface area contributed by atoms with Crippen molar-refractivity contribution in [3.63, 3.8) is 0 Å². The summed E-state index contributed by atoms with van der Waals surface area (Å²) < 4.78 is 8.32. The molecule has 2 aromatic heterocycles. The lowest BCUT2D eigenvalue weighted by atomic mass is 10.1. The van der Waals surface area contributed by atoms with Gasteiger partial charge in [-0.3, -0.25) is 14.3 Å². The Balaban J connectivity index is 2.04. The Hall–Kier alpha value is -2.39. The number of nitrogens with one attached hydrogen (secondary N) is 1. The maximum absolute atomic E-state index is 12.4. The normalized spacial score (nSPS) is 16.2. The summed E-state index contributed by atoms with van der Waals surface area (Å²) in [5, 5.41) is 10.3. The first-order valence-corrected chi connectivity index (χ1v) is 8.84. The molecule has 0 spiro atoms. The molecule has 1 unspecified atom stereocenters. The number of aromatic nitrogens is 4. The first-order valence-electron chi connectivity index (χ1n) is 8.84. The van der Waals surface area contributed by atoms with E-state index in [1.165, 1.54) is 4.57 Å². The maximum Gasteiger partial charge on any atom is 0.329 e. The topological polar surface area (TPSA) is 105 Å². The summed E-state index contributed by atoms with van der Waals surface area (Å²) in [6.07, 6.45) is 4.05. The summed E-state index contributed by atoms with van der Waals surface area (Å²) in [5.74, 6) is 0.606. The molecule has 1 saturated heterocycles. The van der Waals surface area contributed by atoms with Crippen molar-refractivity contribution in [2.45, 2.75) is 31.9 Å². The fourth-order valence-corrected chi connectivity index (χ4v) is 3.28. The molecule has 1 aliphatic heterocycles. The molecule has 0 aliphatic carbocycles. The van der Waals surface area contributed by atoms with Crippen LogP contribution in [0.2, 0.25) is 0 Å². The van der Waals surface area contributed by atoms with Crippen molar-refractivity contribution in [2.24, 2.45) is 7.05 Å². The number of aliphatic hydroxyl groups is 1. The lowest BCUT2D eigenvalue weighted by Crippen LogP contribution is -2.34. The second-order valence-corrected chi connectivity index (χ2v) is 6.54. The van der Waals surface area contributed by atoms with Gasteiger partial charge in [0.1, 0.15) is 0 Å². The minimum atomic E-state index is -0.812. The van der Waals surface area contributed by atoms with E-state index in [4.69, 9.17) is 4.74 Å². The number of fused-ring (bicyclic) bond motifs is 1. The van der Waals surface area contributed by atoms with E-state index >= 15 is 0 Å². The number of piperidine rings is 1. The second kappa shape index (κ2) is 7.88. The van der Waals surface area contributed by atoms with E-state index in [-0.39, 0.29) is 18.7 Å². The van der Waals surface area contributed by atoms with Gasteiger partial charge in [-0.1, -0.05) is 6.08 Å². The summed E-state index contributed by atoms with van der Waals surface area (Å²) in [7, 11) is 1.57. The molecule has 3 heterocycles. The zero-order valence-corrected chi connectivity index (χ0v) is 15.0. The largest absolute Gasteiger partial charge is 0.389 e. The lowest BCUT2D eigenvalue weighted by Gasteiger charge is -2.28. The van der Waals surface area contributed by atoms with E-state index in [1.54, 1.807) is 17.7 Å². The molecular formula is C17H25N5O4. The smallest absolute Gasteiger partial charge is 0.329 e. The summed E-state index contributed by atoms with van der Waals surface area (Å²) in [6.45, 7) is 5.85. The molecule has 1 atom stereocenters. The Morgan fingerprint density at radius 2 is 2.08 bits per heavy atom. The van der Waals surface area contributed by atoms with Crippen molar-refractivity contribution < 1.29 is 9.84 Å². The van der Waals surface area contributed by atoms with Crippen LogP contribution in [0.3, 0.4) is 0 Å². The number of hydrogen-bond acceptors (Lipinski definition) is 6. The van der Waals surface area contributed by atoms with Gasteiger partial charge >= 0.3 is 5.69 Å². The highest BCUT2D eigenvalue weighted by Gasteiger charge is 2.24. The minimum absolute atomic E-state index is 0.120. The van der Waals surface area contributed by atoms with E-state index in [9.17, 15) is 14.7 Å². The van der Waals surface area contributed by atoms with Gasteiger partial charge < -0.3 is 19.3 Å². The van der Waals surface area contributed by atoms with Crippen LogP contribution < -0.4 is 16.1 Å². The van der Waals surface area contributed by atoms with Crippen LogP contribution in [0, 0.1) is 0 Å². The predicted octanol–water partition coefficient (Wildman–Crippen LogP) is -0.0229. The van der Waals surface area contributed by atoms with Gasteiger partial charge in [-0.2, -0.15) is 4.98 Å². The Labute approximate surface area is 150 Å². The van der Waals surface area contributed by atoms with Gasteiger partial charge in [0.15, 0.2) is 11.2 Å². The third-order valence-electron chi connectivity index (χ3n) is 4.57. The van der Waals surface area contributed by atoms with Crippen molar-refractivity contribution in [1.82, 2.24) is 19.1 Å². The molecule has 9 nitrogen and oxygen atoms in total. The molecule has 9 heteroatoms. The van der Waals surface area contributed by atoms with Crippen LogP contribution in [-0.4, -0.2) is 56.6 Å². The first kappa shape index (κ1) is 18.4. The molecule has 1 aliphatic rings. The Morgan fingerprint density at radius 3 is 2.77 bits per heavy atom. The van der Waals surface area contributed by atoms with E-state index < -0.39 is 17.4 Å². The number of nitrogens with zero attached hydrogens (tertiary/aromatic N) is 4. The molecule has 0 saturated carbocycles. The molecule has 2 aromatic rings. The zero-order chi connectivity index (χ0) is 18.7. The number of aliphatic hydroxyl groups excluding tert-OH is 1. The average molecular weight is 363 g/mol. The molecule has 0 amide bonds. The predicted molar refractivity (Wildman–Crippen MR) is 98.7 cm³/mol. The molecule has 0 bridgehead atoms. The summed E-state index contributed by atoms with van der Waals surface area (Å²) in [4.78, 5) is 33.3. The Bertz CT molecular complexity index is 891. The molecule has 142 valence electrons. The fraction of sp³-hybridized carbons (Fsp3) is 0.588. The van der Waals surface area contributed by atoms with Crippen molar-refractivity contribution in [1.29, 1.82) is 0 Å². The third-order valence-corrected chi connectivity index (χ3v) is 4.57. The summed E-state index contributed by atoms with van der Waals surface area (Å²) in [5.41, 5.74) is -0.403. The number of imidazole rings is 1. The highest BCUT2D eigenvalue weighted by atomic mass is 16.5. The minimum Gasteiger partial charge on any atom is -0.389 e. The fourth-order valence-electron chi connectivity index (χ4n) is 3.28. The summed E-state index contributed by atoms with van der Waals surface area (Å²) in [6, 6.07) is 0. The van der Waals surface area contributed by atoms with Gasteiger partial charge in [-0.25, -0.2) is 4.79 Å². The van der Waals surface area contributed by atoms with Gasteiger partial charge in [-0.05, 0) is 19.3 Å². The van der Waals surface area contributed by atoms with Crippen LogP contribution in [0.15, 0.2) is 22.2 Å². The Kier molecular flexibility index (Phi) is 5.58. The van der Waals surface area contributed by atoms with Crippen molar-refractivity contribution in [3.8, 4) is 0 Å². The highest BCUT2D eigenvalue weighted by molar-refractivity contribution is 5.74. The van der Waals surface area contributed by atoms with Crippen LogP contribution >= 0.6 is 0 Å². The van der Waals surface area contributed by atoms with Crippen molar-refractivity contribution in [3.05, 3.63) is 33.5 Å². The zero-order valence-electron chi connectivity index (χ0n) is 15.0. The Morgan fingerprint density at radius 1 is 1.35 bits per heavy atom. The van der Waals surface area contributed by atoms with E-state index in [0.29, 0.717) is 18.2 Å². The second-order valence-electron chi connectivity index (χ2n) is 6.54. The monoisotopic (exact) mass is 363 g/mol. The van der Waals surface area contributed by atoms with Gasteiger partial charge in [0.2, 0.25) is 5.95 Å². The molecular weight excluding hydrogens is 338 g/mol. The number of rotatable bonds is 7. The molecule has 0 aromatic carbocycles. The van der Waals surface area contributed by atoms with Crippen LogP contribution in [0.4, 0.5) is 5.95 Å². The molecule has 1 fully saturated rings. The van der Waals surface area contributed by atoms with Gasteiger partial charge in [0.05, 0.1) is 25.9 Å². The van der Waals surface area contributed by atoms with Crippen LogP contribution in [-0.2, 0) is 18.3 Å². The molecule has 3 rings (SSSR count). The number of aryl methyl sites for hydroxylation is 1. The van der Waals surface area contributed by atoms with Gasteiger partial charge in [0, 0.05) is 20.1 Å². The van der Waals surface area contributed by atoms with Crippen LogP contribution in [0.5, 0.6) is 0 Å². The first-order chi connectivity index (χ1) is 12.5.